The molecule has 4 aliphatic rings. The number of amides is 2. The first-order valence-electron chi connectivity index (χ1n) is 18.9. The van der Waals surface area contributed by atoms with Crippen molar-refractivity contribution < 1.29 is 32.2 Å². The van der Waals surface area contributed by atoms with Crippen LogP contribution < -0.4 is 9.46 Å². The van der Waals surface area contributed by atoms with Crippen LogP contribution in [0.2, 0.25) is 0 Å². The standard InChI is InChI=1S/C41H47N5O7S/c1-44-38(35(22-42-44)41(48)45-17-18-53-25-30(45)24-51-2)29-19-28-20-31(52-3)14-16-33(28)39-37(26-9-5-4-6-10-26)34-15-13-27(21-36(34)46(39)23-29)40(47)43-54(49,50)32-11-7-8-12-32/h13-16,19-22,24,26,32H,4-12,17-18,23,25H2,1-3H3,(H,43,47)/b30-24+. The lowest BCUT2D eigenvalue weighted by atomic mass is 9.81. The van der Waals surface area contributed by atoms with E-state index in [0.29, 0.717) is 61.2 Å². The van der Waals surface area contributed by atoms with Crippen LogP contribution in [-0.4, -0.2) is 78.7 Å². The van der Waals surface area contributed by atoms with Crippen molar-refractivity contribution in [2.75, 3.05) is 34.0 Å². The highest BCUT2D eigenvalue weighted by Gasteiger charge is 2.34. The number of nitrogens with one attached hydrogen (secondary N) is 1. The van der Waals surface area contributed by atoms with Crippen molar-refractivity contribution in [3.63, 3.8) is 0 Å². The van der Waals surface area contributed by atoms with E-state index in [9.17, 15) is 18.0 Å². The third-order valence-corrected chi connectivity index (χ3v) is 13.4. The molecule has 284 valence electrons. The van der Waals surface area contributed by atoms with E-state index in [4.69, 9.17) is 14.2 Å². The fourth-order valence-electron chi connectivity index (χ4n) is 8.94. The summed E-state index contributed by atoms with van der Waals surface area (Å²) in [6.07, 6.45) is 13.7. The van der Waals surface area contributed by atoms with Crippen molar-refractivity contribution in [1.82, 2.24) is 24.0 Å². The Balaban J connectivity index is 1.30. The van der Waals surface area contributed by atoms with Crippen LogP contribution in [-0.2, 0) is 33.1 Å². The van der Waals surface area contributed by atoms with Gasteiger partial charge in [-0.25, -0.2) is 13.1 Å². The molecule has 54 heavy (non-hydrogen) atoms. The molecular weight excluding hydrogens is 707 g/mol. The molecule has 2 amide bonds. The monoisotopic (exact) mass is 753 g/mol. The summed E-state index contributed by atoms with van der Waals surface area (Å²) < 4.78 is 49.5. The van der Waals surface area contributed by atoms with Gasteiger partial charge in [0.2, 0.25) is 10.0 Å². The molecule has 2 saturated carbocycles. The topological polar surface area (TPSA) is 134 Å². The highest BCUT2D eigenvalue weighted by molar-refractivity contribution is 7.90. The Morgan fingerprint density at radius 1 is 0.981 bits per heavy atom. The number of hydrogen-bond acceptors (Lipinski definition) is 8. The Morgan fingerprint density at radius 2 is 1.76 bits per heavy atom. The zero-order valence-corrected chi connectivity index (χ0v) is 31.9. The minimum atomic E-state index is -3.81. The lowest BCUT2D eigenvalue weighted by molar-refractivity contribution is 0.0487. The highest BCUT2D eigenvalue weighted by atomic mass is 32.2. The maximum atomic E-state index is 14.4. The van der Waals surface area contributed by atoms with E-state index in [2.05, 4.69) is 26.5 Å². The highest BCUT2D eigenvalue weighted by Crippen LogP contribution is 2.48. The summed E-state index contributed by atoms with van der Waals surface area (Å²) in [4.78, 5) is 29.8. The van der Waals surface area contributed by atoms with Crippen LogP contribution in [0.1, 0.15) is 101 Å². The molecule has 2 aliphatic carbocycles. The van der Waals surface area contributed by atoms with Gasteiger partial charge in [-0.1, -0.05) is 38.2 Å². The third kappa shape index (κ3) is 6.51. The van der Waals surface area contributed by atoms with Crippen molar-refractivity contribution in [3.8, 4) is 17.0 Å². The van der Waals surface area contributed by atoms with E-state index in [-0.39, 0.29) is 18.1 Å². The molecule has 0 atom stereocenters. The van der Waals surface area contributed by atoms with Gasteiger partial charge >= 0.3 is 0 Å². The number of benzene rings is 2. The van der Waals surface area contributed by atoms with Crippen molar-refractivity contribution in [2.45, 2.75) is 75.5 Å². The van der Waals surface area contributed by atoms with Crippen LogP contribution in [0.15, 0.2) is 54.6 Å². The molecule has 1 N–H and O–H groups in total. The predicted molar refractivity (Wildman–Crippen MR) is 206 cm³/mol. The summed E-state index contributed by atoms with van der Waals surface area (Å²) in [5.74, 6) is 0.179. The van der Waals surface area contributed by atoms with E-state index >= 15 is 0 Å². The van der Waals surface area contributed by atoms with Crippen LogP contribution >= 0.6 is 0 Å². The van der Waals surface area contributed by atoms with Crippen molar-refractivity contribution >= 4 is 44.4 Å². The molecule has 12 nitrogen and oxygen atoms in total. The molecule has 0 radical (unpaired) electrons. The van der Waals surface area contributed by atoms with Gasteiger partial charge in [0.1, 0.15) is 12.0 Å². The maximum absolute atomic E-state index is 14.4. The second kappa shape index (κ2) is 14.7. The smallest absolute Gasteiger partial charge is 0.264 e. The van der Waals surface area contributed by atoms with Crippen LogP contribution in [0, 0.1) is 0 Å². The number of methoxy groups -OCH3 is 2. The molecule has 4 aromatic rings. The fourth-order valence-corrected chi connectivity index (χ4v) is 10.4. The fraction of sp³-hybridized carbons (Fsp3) is 0.439. The van der Waals surface area contributed by atoms with Gasteiger partial charge in [-0.2, -0.15) is 5.10 Å². The average Bonchev–Trinajstić information content (AvgIpc) is 3.91. The Kier molecular flexibility index (Phi) is 9.86. The number of hydrogen-bond donors (Lipinski definition) is 1. The number of aryl methyl sites for hydroxylation is 1. The van der Waals surface area contributed by atoms with E-state index in [0.717, 1.165) is 71.8 Å². The largest absolute Gasteiger partial charge is 0.502 e. The Hall–Kier alpha value is -4.88. The number of carbonyl (C=O) groups excluding carboxylic acids is 2. The summed E-state index contributed by atoms with van der Waals surface area (Å²) in [6.45, 7) is 1.40. The second-order valence-electron chi connectivity index (χ2n) is 14.8. The first-order valence-corrected chi connectivity index (χ1v) is 20.5. The van der Waals surface area contributed by atoms with Crippen molar-refractivity contribution in [2.24, 2.45) is 7.05 Å². The SMILES string of the molecule is CO/C=C1\COCCN1C(=O)c1cnn(C)c1C1=Cc2cc(OC)ccc2-c2c(C3CCCCC3)c3ccc(C(=O)NS(=O)(=O)C4CCCC4)cc3n2C1. The van der Waals surface area contributed by atoms with Gasteiger partial charge in [-0.3, -0.25) is 14.3 Å². The van der Waals surface area contributed by atoms with Gasteiger partial charge in [0, 0.05) is 35.6 Å². The molecule has 0 bridgehead atoms. The minimum absolute atomic E-state index is 0.205. The molecule has 2 aromatic heterocycles. The zero-order valence-electron chi connectivity index (χ0n) is 31.1. The molecule has 2 aliphatic heterocycles. The third-order valence-electron chi connectivity index (χ3n) is 11.6. The molecular formula is C41H47N5O7S. The van der Waals surface area contributed by atoms with Crippen molar-refractivity contribution in [1.29, 1.82) is 0 Å². The number of nitrogens with zero attached hydrogens (tertiary/aromatic N) is 4. The quantitative estimate of drug-likeness (QED) is 0.199. The minimum Gasteiger partial charge on any atom is -0.502 e. The van der Waals surface area contributed by atoms with Gasteiger partial charge in [-0.05, 0) is 84.7 Å². The van der Waals surface area contributed by atoms with E-state index in [1.54, 1.807) is 36.1 Å². The Bertz CT molecular complexity index is 2290. The summed E-state index contributed by atoms with van der Waals surface area (Å²) in [7, 11) is 1.23. The second-order valence-corrected chi connectivity index (χ2v) is 16.8. The first kappa shape index (κ1) is 36.1. The molecule has 0 spiro atoms. The first-order chi connectivity index (χ1) is 26.2. The lowest BCUT2D eigenvalue weighted by Crippen LogP contribution is -2.39. The average molecular weight is 754 g/mol. The van der Waals surface area contributed by atoms with Gasteiger partial charge in [-0.15, -0.1) is 0 Å². The number of sulfonamides is 1. The molecule has 4 heterocycles. The van der Waals surface area contributed by atoms with E-state index in [1.807, 2.05) is 31.3 Å². The molecule has 1 saturated heterocycles. The molecule has 0 unspecified atom stereocenters. The number of ether oxygens (including phenoxy) is 3. The van der Waals surface area contributed by atoms with Crippen LogP contribution in [0.3, 0.4) is 0 Å². The van der Waals surface area contributed by atoms with Crippen LogP contribution in [0.5, 0.6) is 5.75 Å². The molecule has 13 heteroatoms. The zero-order chi connectivity index (χ0) is 37.6. The van der Waals surface area contributed by atoms with E-state index in [1.165, 1.54) is 18.2 Å². The summed E-state index contributed by atoms with van der Waals surface area (Å²) in [5, 5.41) is 5.09. The van der Waals surface area contributed by atoms with Gasteiger partial charge in [0.15, 0.2) is 0 Å². The number of rotatable bonds is 8. The molecule has 8 rings (SSSR count). The number of aromatic nitrogens is 3. The summed E-state index contributed by atoms with van der Waals surface area (Å²) in [5.41, 5.74) is 7.97. The number of fused-ring (bicyclic) bond motifs is 5. The summed E-state index contributed by atoms with van der Waals surface area (Å²) >= 11 is 0. The summed E-state index contributed by atoms with van der Waals surface area (Å²) in [6, 6.07) is 11.7. The van der Waals surface area contributed by atoms with Gasteiger partial charge in [0.25, 0.3) is 11.8 Å². The van der Waals surface area contributed by atoms with Gasteiger partial charge < -0.3 is 23.7 Å². The number of morpholine rings is 1. The lowest BCUT2D eigenvalue weighted by Gasteiger charge is -2.29. The predicted octanol–water partition coefficient (Wildman–Crippen LogP) is 6.61. The maximum Gasteiger partial charge on any atom is 0.264 e. The van der Waals surface area contributed by atoms with Gasteiger partial charge in [0.05, 0.1) is 68.1 Å². The molecule has 2 aromatic carbocycles. The normalized spacial score (nSPS) is 19.0. The Morgan fingerprint density at radius 3 is 2.52 bits per heavy atom. The van der Waals surface area contributed by atoms with E-state index < -0.39 is 21.2 Å². The van der Waals surface area contributed by atoms with Crippen molar-refractivity contribution in [3.05, 3.63) is 82.5 Å². The molecule has 3 fully saturated rings. The number of carbonyl (C=O) groups is 2. The van der Waals surface area contributed by atoms with Crippen LogP contribution in [0.4, 0.5) is 0 Å². The number of allylic oxidation sites excluding steroid dienone is 1. The Labute approximate surface area is 315 Å². The van der Waals surface area contributed by atoms with Crippen LogP contribution in [0.25, 0.3) is 33.8 Å².